The summed E-state index contributed by atoms with van der Waals surface area (Å²) < 4.78 is 0. The Morgan fingerprint density at radius 1 is 1.38 bits per heavy atom. The first-order chi connectivity index (χ1) is 6.18. The lowest BCUT2D eigenvalue weighted by atomic mass is 9.73. The van der Waals surface area contributed by atoms with E-state index in [1.807, 2.05) is 0 Å². The molecule has 0 aromatic rings. The van der Waals surface area contributed by atoms with Crippen LogP contribution in [-0.2, 0) is 4.79 Å². The molecule has 13 heavy (non-hydrogen) atoms. The van der Waals surface area contributed by atoms with Crippen LogP contribution in [-0.4, -0.2) is 22.5 Å². The predicted molar refractivity (Wildman–Crippen MR) is 48.0 cm³/mol. The maximum atomic E-state index is 10.6. The van der Waals surface area contributed by atoms with Crippen molar-refractivity contribution in [2.45, 2.75) is 38.5 Å². The van der Waals surface area contributed by atoms with Crippen LogP contribution in [0.2, 0.25) is 0 Å². The lowest BCUT2D eigenvalue weighted by Gasteiger charge is -2.31. The molecule has 0 saturated heterocycles. The van der Waals surface area contributed by atoms with Gasteiger partial charge < -0.3 is 10.3 Å². The Balaban J connectivity index is 2.66. The Bertz CT molecular complexity index is 207. The molecule has 1 aliphatic rings. The van der Waals surface area contributed by atoms with Crippen LogP contribution in [0.25, 0.3) is 0 Å². The number of carboxylic acid groups (broad SMARTS) is 1. The largest absolute Gasteiger partial charge is 0.481 e. The quantitative estimate of drug-likeness (QED) is 0.400. The summed E-state index contributed by atoms with van der Waals surface area (Å²) in [6, 6.07) is 0. The van der Waals surface area contributed by atoms with E-state index in [9.17, 15) is 4.79 Å². The summed E-state index contributed by atoms with van der Waals surface area (Å²) in [5, 5.41) is 20.2. The summed E-state index contributed by atoms with van der Waals surface area (Å²) in [6.45, 7) is 0. The summed E-state index contributed by atoms with van der Waals surface area (Å²) in [5.41, 5.74) is -0.390. The van der Waals surface area contributed by atoms with Crippen molar-refractivity contribution in [3.63, 3.8) is 0 Å². The number of oxime groups is 1. The monoisotopic (exact) mass is 185 g/mol. The minimum absolute atomic E-state index is 0.0804. The highest BCUT2D eigenvalue weighted by atomic mass is 16.4. The molecule has 0 spiro atoms. The normalized spacial score (nSPS) is 21.8. The van der Waals surface area contributed by atoms with Crippen LogP contribution in [0, 0.1) is 5.41 Å². The molecule has 0 aliphatic heterocycles. The van der Waals surface area contributed by atoms with Crippen molar-refractivity contribution in [2.75, 3.05) is 0 Å². The van der Waals surface area contributed by atoms with Gasteiger partial charge in [-0.05, 0) is 12.8 Å². The zero-order chi connectivity index (χ0) is 9.73. The highest BCUT2D eigenvalue weighted by molar-refractivity contribution is 5.76. The van der Waals surface area contributed by atoms with E-state index >= 15 is 0 Å². The number of hydrogen-bond acceptors (Lipinski definition) is 3. The van der Waals surface area contributed by atoms with Crippen LogP contribution in [0.15, 0.2) is 5.16 Å². The average molecular weight is 185 g/mol. The van der Waals surface area contributed by atoms with E-state index in [1.165, 1.54) is 6.21 Å². The molecular formula is C9H15NO3. The minimum atomic E-state index is -0.818. The molecule has 0 unspecified atom stereocenters. The van der Waals surface area contributed by atoms with E-state index in [0.717, 1.165) is 32.1 Å². The SMILES string of the molecule is O=C(O)CC1(/C=N\O)CCCCC1. The Hall–Kier alpha value is -1.06. The van der Waals surface area contributed by atoms with E-state index in [1.54, 1.807) is 0 Å². The van der Waals surface area contributed by atoms with Gasteiger partial charge >= 0.3 is 5.97 Å². The van der Waals surface area contributed by atoms with Crippen LogP contribution in [0.5, 0.6) is 0 Å². The fourth-order valence-electron chi connectivity index (χ4n) is 2.03. The molecule has 2 N–H and O–H groups in total. The van der Waals surface area contributed by atoms with Gasteiger partial charge in [0.15, 0.2) is 0 Å². The first-order valence-electron chi connectivity index (χ1n) is 4.59. The van der Waals surface area contributed by atoms with Gasteiger partial charge in [0, 0.05) is 5.41 Å². The van der Waals surface area contributed by atoms with Gasteiger partial charge in [-0.15, -0.1) is 5.16 Å². The molecule has 0 heterocycles. The number of nitrogens with zero attached hydrogens (tertiary/aromatic N) is 1. The molecule has 0 radical (unpaired) electrons. The summed E-state index contributed by atoms with van der Waals surface area (Å²) in [4.78, 5) is 10.6. The second-order valence-corrected chi connectivity index (χ2v) is 3.74. The molecule has 0 aromatic carbocycles. The van der Waals surface area contributed by atoms with Crippen molar-refractivity contribution in [1.82, 2.24) is 0 Å². The molecule has 1 rings (SSSR count). The van der Waals surface area contributed by atoms with Gasteiger partial charge in [-0.1, -0.05) is 19.3 Å². The van der Waals surface area contributed by atoms with Crippen molar-refractivity contribution >= 4 is 12.2 Å². The van der Waals surface area contributed by atoms with Gasteiger partial charge in [0.2, 0.25) is 0 Å². The minimum Gasteiger partial charge on any atom is -0.481 e. The van der Waals surface area contributed by atoms with Crippen LogP contribution < -0.4 is 0 Å². The van der Waals surface area contributed by atoms with E-state index in [-0.39, 0.29) is 6.42 Å². The van der Waals surface area contributed by atoms with Crippen LogP contribution in [0.1, 0.15) is 38.5 Å². The third kappa shape index (κ3) is 2.72. The van der Waals surface area contributed by atoms with Crippen molar-refractivity contribution in [2.24, 2.45) is 10.6 Å². The van der Waals surface area contributed by atoms with Crippen molar-refractivity contribution < 1.29 is 15.1 Å². The molecule has 0 amide bonds. The smallest absolute Gasteiger partial charge is 0.304 e. The summed E-state index contributed by atoms with van der Waals surface area (Å²) >= 11 is 0. The van der Waals surface area contributed by atoms with Gasteiger partial charge in [-0.25, -0.2) is 0 Å². The Morgan fingerprint density at radius 3 is 2.46 bits per heavy atom. The Morgan fingerprint density at radius 2 is 2.00 bits per heavy atom. The van der Waals surface area contributed by atoms with Crippen molar-refractivity contribution in [3.8, 4) is 0 Å². The lowest BCUT2D eigenvalue weighted by molar-refractivity contribution is -0.139. The molecule has 4 heteroatoms. The van der Waals surface area contributed by atoms with Crippen molar-refractivity contribution in [1.29, 1.82) is 0 Å². The Kier molecular flexibility index (Phi) is 3.28. The fraction of sp³-hybridized carbons (Fsp3) is 0.778. The standard InChI is InChI=1S/C9H15NO3/c11-8(12)6-9(7-10-13)4-2-1-3-5-9/h7,13H,1-6H2,(H,11,12)/b10-7-. The number of carbonyl (C=O) groups is 1. The predicted octanol–water partition coefficient (Wildman–Crippen LogP) is 1.87. The summed E-state index contributed by atoms with van der Waals surface area (Å²) in [5.74, 6) is -0.818. The van der Waals surface area contributed by atoms with Gasteiger partial charge in [-0.2, -0.15) is 0 Å². The van der Waals surface area contributed by atoms with Gasteiger partial charge in [0.1, 0.15) is 0 Å². The summed E-state index contributed by atoms with van der Waals surface area (Å²) in [7, 11) is 0. The molecule has 0 atom stereocenters. The third-order valence-corrected chi connectivity index (χ3v) is 2.68. The maximum absolute atomic E-state index is 10.6. The second kappa shape index (κ2) is 4.25. The first kappa shape index (κ1) is 10.0. The van der Waals surface area contributed by atoms with E-state index in [0.29, 0.717) is 0 Å². The number of aliphatic carboxylic acids is 1. The second-order valence-electron chi connectivity index (χ2n) is 3.74. The molecule has 1 saturated carbocycles. The number of carboxylic acids is 1. The highest BCUT2D eigenvalue weighted by Crippen LogP contribution is 2.37. The van der Waals surface area contributed by atoms with Crippen LogP contribution >= 0.6 is 0 Å². The highest BCUT2D eigenvalue weighted by Gasteiger charge is 2.32. The van der Waals surface area contributed by atoms with Crippen LogP contribution in [0.3, 0.4) is 0 Å². The molecule has 0 bridgehead atoms. The van der Waals surface area contributed by atoms with Gasteiger partial charge in [0.05, 0.1) is 12.6 Å². The number of rotatable bonds is 3. The average Bonchev–Trinajstić information content (AvgIpc) is 2.04. The molecule has 1 fully saturated rings. The molecule has 74 valence electrons. The summed E-state index contributed by atoms with van der Waals surface area (Å²) in [6.07, 6.45) is 6.34. The van der Waals surface area contributed by atoms with Gasteiger partial charge in [-0.3, -0.25) is 4.79 Å². The zero-order valence-electron chi connectivity index (χ0n) is 7.57. The third-order valence-electron chi connectivity index (χ3n) is 2.68. The molecule has 0 aromatic heterocycles. The first-order valence-corrected chi connectivity index (χ1v) is 4.59. The fourth-order valence-corrected chi connectivity index (χ4v) is 2.03. The van der Waals surface area contributed by atoms with Crippen LogP contribution in [0.4, 0.5) is 0 Å². The van der Waals surface area contributed by atoms with Gasteiger partial charge in [0.25, 0.3) is 0 Å². The Labute approximate surface area is 77.3 Å². The van der Waals surface area contributed by atoms with E-state index in [4.69, 9.17) is 10.3 Å². The molecular weight excluding hydrogens is 170 g/mol. The molecule has 1 aliphatic carbocycles. The van der Waals surface area contributed by atoms with E-state index < -0.39 is 11.4 Å². The topological polar surface area (TPSA) is 69.9 Å². The number of hydrogen-bond donors (Lipinski definition) is 2. The zero-order valence-corrected chi connectivity index (χ0v) is 7.57. The van der Waals surface area contributed by atoms with E-state index in [2.05, 4.69) is 5.16 Å². The lowest BCUT2D eigenvalue weighted by Crippen LogP contribution is -2.28. The molecule has 4 nitrogen and oxygen atoms in total. The maximum Gasteiger partial charge on any atom is 0.304 e. The van der Waals surface area contributed by atoms with Crippen molar-refractivity contribution in [3.05, 3.63) is 0 Å².